The highest BCUT2D eigenvalue weighted by Gasteiger charge is 2.25. The highest BCUT2D eigenvalue weighted by atomic mass is 16.6. The topological polar surface area (TPSA) is 93.6 Å². The van der Waals surface area contributed by atoms with E-state index < -0.39 is 16.0 Å². The summed E-state index contributed by atoms with van der Waals surface area (Å²) in [5.74, 6) is 0. The first-order valence-electron chi connectivity index (χ1n) is 8.20. The largest absolute Gasteiger partial charge is 0.363 e. The normalized spacial score (nSPS) is 15.7. The van der Waals surface area contributed by atoms with E-state index in [-0.39, 0.29) is 5.69 Å². The quantitative estimate of drug-likeness (QED) is 0.450. The zero-order chi connectivity index (χ0) is 18.3. The number of nitro groups is 1. The van der Waals surface area contributed by atoms with E-state index >= 15 is 0 Å². The number of aryl methyl sites for hydroxylation is 2. The summed E-state index contributed by atoms with van der Waals surface area (Å²) in [6.45, 7) is 6.06. The number of nitro benzene ring substituents is 1. The molecule has 1 aromatic carbocycles. The predicted molar refractivity (Wildman–Crippen MR) is 95.4 cm³/mol. The Morgan fingerprint density at radius 1 is 1.00 bits per heavy atom. The maximum Gasteiger partial charge on any atom is 0.316 e. The van der Waals surface area contributed by atoms with Gasteiger partial charge in [0.05, 0.1) is 16.0 Å². The lowest BCUT2D eigenvalue weighted by Gasteiger charge is -2.35. The number of rotatable bonds is 3. The van der Waals surface area contributed by atoms with Crippen molar-refractivity contribution in [3.63, 3.8) is 0 Å². The van der Waals surface area contributed by atoms with Crippen molar-refractivity contribution in [3.05, 3.63) is 43.0 Å². The number of aromatic nitrogens is 2. The van der Waals surface area contributed by atoms with Crippen LogP contribution in [0.25, 0.3) is 11.0 Å². The van der Waals surface area contributed by atoms with Crippen LogP contribution in [0.3, 0.4) is 0 Å². The third-order valence-corrected chi connectivity index (χ3v) is 4.94. The van der Waals surface area contributed by atoms with E-state index in [1.54, 1.807) is 6.07 Å². The fourth-order valence-corrected chi connectivity index (χ4v) is 3.30. The summed E-state index contributed by atoms with van der Waals surface area (Å²) in [7, 11) is 2.96. The smallest absolute Gasteiger partial charge is 0.316 e. The third-order valence-electron chi connectivity index (χ3n) is 4.94. The minimum Gasteiger partial charge on any atom is -0.363 e. The maximum absolute atomic E-state index is 12.1. The molecule has 0 radical (unpaired) electrons. The minimum absolute atomic E-state index is 0.0499. The molecule has 9 heteroatoms. The Kier molecular flexibility index (Phi) is 4.34. The molecule has 0 unspecified atom stereocenters. The molecule has 1 saturated heterocycles. The van der Waals surface area contributed by atoms with E-state index in [4.69, 9.17) is 0 Å². The number of hydrogen-bond donors (Lipinski definition) is 0. The lowest BCUT2D eigenvalue weighted by Crippen LogP contribution is -2.46. The highest BCUT2D eigenvalue weighted by Crippen LogP contribution is 2.32. The first-order valence-corrected chi connectivity index (χ1v) is 8.20. The van der Waals surface area contributed by atoms with Crippen molar-refractivity contribution in [2.24, 2.45) is 14.1 Å². The van der Waals surface area contributed by atoms with Gasteiger partial charge in [0.1, 0.15) is 5.69 Å². The lowest BCUT2D eigenvalue weighted by molar-refractivity contribution is -0.384. The molecule has 0 spiro atoms. The average molecular weight is 347 g/mol. The van der Waals surface area contributed by atoms with Crippen LogP contribution in [0.5, 0.6) is 0 Å². The second-order valence-corrected chi connectivity index (χ2v) is 6.24. The molecule has 0 bridgehead atoms. The molecule has 2 heterocycles. The van der Waals surface area contributed by atoms with Gasteiger partial charge in [-0.1, -0.05) is 6.92 Å². The van der Waals surface area contributed by atoms with Crippen LogP contribution in [-0.2, 0) is 14.1 Å². The van der Waals surface area contributed by atoms with Gasteiger partial charge in [0.25, 0.3) is 5.69 Å². The van der Waals surface area contributed by atoms with Gasteiger partial charge in [-0.15, -0.1) is 0 Å². The summed E-state index contributed by atoms with van der Waals surface area (Å²) in [6, 6.07) is 3.04. The molecule has 2 aromatic rings. The van der Waals surface area contributed by atoms with Crippen molar-refractivity contribution in [1.29, 1.82) is 0 Å². The van der Waals surface area contributed by atoms with Crippen molar-refractivity contribution >= 4 is 22.4 Å². The van der Waals surface area contributed by atoms with Crippen molar-refractivity contribution in [2.45, 2.75) is 6.92 Å². The molecule has 1 fully saturated rings. The van der Waals surface area contributed by atoms with Gasteiger partial charge in [0.2, 0.25) is 0 Å². The van der Waals surface area contributed by atoms with Gasteiger partial charge in [0, 0.05) is 46.3 Å². The molecule has 0 N–H and O–H groups in total. The van der Waals surface area contributed by atoms with E-state index in [1.807, 2.05) is 4.90 Å². The first kappa shape index (κ1) is 17.2. The average Bonchev–Trinajstić information content (AvgIpc) is 2.63. The molecular weight excluding hydrogens is 326 g/mol. The van der Waals surface area contributed by atoms with Gasteiger partial charge >= 0.3 is 11.1 Å². The predicted octanol–water partition coefficient (Wildman–Crippen LogP) is 0.287. The Labute approximate surface area is 143 Å². The number of likely N-dealkylation sites (N-methyl/N-ethyl adjacent to an activating group) is 1. The van der Waals surface area contributed by atoms with Crippen LogP contribution in [-0.4, -0.2) is 51.7 Å². The molecule has 1 aliphatic heterocycles. The summed E-state index contributed by atoms with van der Waals surface area (Å²) in [4.78, 5) is 39.5. The number of fused-ring (bicyclic) bond motifs is 1. The molecule has 3 rings (SSSR count). The van der Waals surface area contributed by atoms with E-state index in [9.17, 15) is 19.7 Å². The molecule has 0 amide bonds. The first-order chi connectivity index (χ1) is 11.8. The lowest BCUT2D eigenvalue weighted by atomic mass is 10.1. The molecule has 0 atom stereocenters. The minimum atomic E-state index is -0.700. The number of benzene rings is 1. The Morgan fingerprint density at radius 3 is 2.00 bits per heavy atom. The molecule has 1 aliphatic rings. The second kappa shape index (κ2) is 6.32. The van der Waals surface area contributed by atoms with Crippen molar-refractivity contribution in [2.75, 3.05) is 37.6 Å². The summed E-state index contributed by atoms with van der Waals surface area (Å²) in [6.07, 6.45) is 0. The van der Waals surface area contributed by atoms with E-state index in [1.165, 1.54) is 29.3 Å². The maximum atomic E-state index is 12.1. The monoisotopic (exact) mass is 347 g/mol. The second-order valence-electron chi connectivity index (χ2n) is 6.24. The fraction of sp³-hybridized carbons (Fsp3) is 0.500. The molecule has 0 saturated carbocycles. The van der Waals surface area contributed by atoms with E-state index in [2.05, 4.69) is 11.8 Å². The van der Waals surface area contributed by atoms with Gasteiger partial charge in [-0.25, -0.2) is 0 Å². The number of piperazine rings is 1. The van der Waals surface area contributed by atoms with Gasteiger partial charge in [-0.3, -0.25) is 19.7 Å². The van der Waals surface area contributed by atoms with Crippen LogP contribution in [0, 0.1) is 10.1 Å². The van der Waals surface area contributed by atoms with Crippen LogP contribution in [0.15, 0.2) is 21.7 Å². The van der Waals surface area contributed by atoms with E-state index in [0.29, 0.717) is 29.8 Å². The molecule has 25 heavy (non-hydrogen) atoms. The standard InChI is InChI=1S/C16H21N5O4/c1-4-19-5-7-20(8-6-19)13-9-11-12(10-14(13)21(24)25)18(3)16(23)15(22)17(11)2/h9-10H,4-8H2,1-3H3. The van der Waals surface area contributed by atoms with Crippen LogP contribution in [0.2, 0.25) is 0 Å². The summed E-state index contributed by atoms with van der Waals surface area (Å²) >= 11 is 0. The highest BCUT2D eigenvalue weighted by molar-refractivity contribution is 5.85. The molecular formula is C16H21N5O4. The van der Waals surface area contributed by atoms with Gasteiger partial charge < -0.3 is 18.9 Å². The molecule has 1 aromatic heterocycles. The zero-order valence-corrected chi connectivity index (χ0v) is 14.6. The summed E-state index contributed by atoms with van der Waals surface area (Å²) < 4.78 is 2.43. The van der Waals surface area contributed by atoms with Crippen molar-refractivity contribution in [3.8, 4) is 0 Å². The Bertz CT molecular complexity index is 954. The Hall–Kier alpha value is -2.68. The Morgan fingerprint density at radius 2 is 1.52 bits per heavy atom. The van der Waals surface area contributed by atoms with E-state index in [0.717, 1.165) is 19.6 Å². The van der Waals surface area contributed by atoms with Crippen LogP contribution < -0.4 is 16.0 Å². The van der Waals surface area contributed by atoms with Gasteiger partial charge in [0.15, 0.2) is 0 Å². The number of anilines is 1. The molecule has 0 aliphatic carbocycles. The number of hydrogen-bond acceptors (Lipinski definition) is 6. The number of nitrogens with zero attached hydrogens (tertiary/aromatic N) is 5. The third kappa shape index (κ3) is 2.80. The van der Waals surface area contributed by atoms with Crippen LogP contribution in [0.1, 0.15) is 6.92 Å². The van der Waals surface area contributed by atoms with Crippen molar-refractivity contribution < 1.29 is 4.92 Å². The molecule has 134 valence electrons. The SMILES string of the molecule is CCN1CCN(c2cc3c(cc2[N+](=O)[O-])n(C)c(=O)c(=O)n3C)CC1. The van der Waals surface area contributed by atoms with Crippen LogP contribution in [0.4, 0.5) is 11.4 Å². The van der Waals surface area contributed by atoms with Crippen LogP contribution >= 0.6 is 0 Å². The zero-order valence-electron chi connectivity index (χ0n) is 14.6. The van der Waals surface area contributed by atoms with Crippen molar-refractivity contribution in [1.82, 2.24) is 14.0 Å². The van der Waals surface area contributed by atoms with Gasteiger partial charge in [-0.05, 0) is 12.6 Å². The van der Waals surface area contributed by atoms with Gasteiger partial charge in [-0.2, -0.15) is 0 Å². The summed E-state index contributed by atoms with van der Waals surface area (Å²) in [5.41, 5.74) is -0.0346. The Balaban J connectivity index is 2.21. The molecule has 9 nitrogen and oxygen atoms in total. The summed E-state index contributed by atoms with van der Waals surface area (Å²) in [5, 5.41) is 11.6. The fourth-order valence-electron chi connectivity index (χ4n) is 3.30.